The van der Waals surface area contributed by atoms with Gasteiger partial charge in [0.2, 0.25) is 0 Å². The number of hydrogen-bond donors (Lipinski definition) is 0. The number of benzene rings is 2. The maximum absolute atomic E-state index is 6.38. The number of nitrogens with zero attached hydrogens (tertiary/aromatic N) is 1. The molecule has 0 bridgehead atoms. The SMILES string of the molecule is C=Cc1ccc2c(Cl)cc(-c3cccc(C)c3)nc2c1. The van der Waals surface area contributed by atoms with Crippen molar-refractivity contribution in [3.8, 4) is 11.3 Å². The van der Waals surface area contributed by atoms with Crippen LogP contribution in [0.1, 0.15) is 11.1 Å². The maximum atomic E-state index is 6.38. The topological polar surface area (TPSA) is 12.9 Å². The van der Waals surface area contributed by atoms with Crippen molar-refractivity contribution in [1.29, 1.82) is 0 Å². The van der Waals surface area contributed by atoms with Gasteiger partial charge in [0.25, 0.3) is 0 Å². The summed E-state index contributed by atoms with van der Waals surface area (Å²) < 4.78 is 0. The minimum absolute atomic E-state index is 0.724. The average Bonchev–Trinajstić information content (AvgIpc) is 2.46. The first-order valence-electron chi connectivity index (χ1n) is 6.47. The molecule has 0 unspecified atom stereocenters. The molecule has 0 aliphatic rings. The lowest BCUT2D eigenvalue weighted by atomic mass is 10.1. The molecule has 1 aromatic heterocycles. The van der Waals surface area contributed by atoms with Crippen LogP contribution in [0.4, 0.5) is 0 Å². The van der Waals surface area contributed by atoms with Gasteiger partial charge in [-0.1, -0.05) is 60.2 Å². The summed E-state index contributed by atoms with van der Waals surface area (Å²) in [5.74, 6) is 0. The van der Waals surface area contributed by atoms with Crippen molar-refractivity contribution in [2.75, 3.05) is 0 Å². The van der Waals surface area contributed by atoms with Crippen LogP contribution in [-0.4, -0.2) is 4.98 Å². The van der Waals surface area contributed by atoms with E-state index < -0.39 is 0 Å². The molecule has 0 atom stereocenters. The lowest BCUT2D eigenvalue weighted by Gasteiger charge is -2.07. The van der Waals surface area contributed by atoms with Crippen molar-refractivity contribution in [1.82, 2.24) is 4.98 Å². The van der Waals surface area contributed by atoms with Gasteiger partial charge in [-0.2, -0.15) is 0 Å². The van der Waals surface area contributed by atoms with Gasteiger partial charge in [-0.05, 0) is 30.7 Å². The fraction of sp³-hybridized carbons (Fsp3) is 0.0556. The van der Waals surface area contributed by atoms with Gasteiger partial charge in [0, 0.05) is 10.9 Å². The van der Waals surface area contributed by atoms with E-state index in [4.69, 9.17) is 16.6 Å². The fourth-order valence-electron chi connectivity index (χ4n) is 2.28. The zero-order chi connectivity index (χ0) is 14.1. The molecule has 0 saturated carbocycles. The first kappa shape index (κ1) is 12.9. The third-order valence-corrected chi connectivity index (χ3v) is 3.65. The summed E-state index contributed by atoms with van der Waals surface area (Å²) in [6.45, 7) is 5.86. The Labute approximate surface area is 123 Å². The molecule has 0 aliphatic heterocycles. The van der Waals surface area contributed by atoms with Crippen LogP contribution in [0.5, 0.6) is 0 Å². The van der Waals surface area contributed by atoms with Gasteiger partial charge in [0.15, 0.2) is 0 Å². The Morgan fingerprint density at radius 2 is 1.95 bits per heavy atom. The van der Waals surface area contributed by atoms with Gasteiger partial charge in [0.1, 0.15) is 0 Å². The molecule has 0 aliphatic carbocycles. The molecular weight excluding hydrogens is 266 g/mol. The highest BCUT2D eigenvalue weighted by molar-refractivity contribution is 6.35. The zero-order valence-electron chi connectivity index (χ0n) is 11.2. The second kappa shape index (κ2) is 5.10. The number of fused-ring (bicyclic) bond motifs is 1. The summed E-state index contributed by atoms with van der Waals surface area (Å²) in [5.41, 5.74) is 5.12. The van der Waals surface area contributed by atoms with Crippen LogP contribution < -0.4 is 0 Å². The Balaban J connectivity index is 2.24. The van der Waals surface area contributed by atoms with E-state index in [2.05, 4.69) is 31.7 Å². The maximum Gasteiger partial charge on any atom is 0.0730 e. The van der Waals surface area contributed by atoms with Crippen molar-refractivity contribution < 1.29 is 0 Å². The molecule has 1 heterocycles. The molecule has 0 saturated heterocycles. The third-order valence-electron chi connectivity index (χ3n) is 3.33. The first-order valence-corrected chi connectivity index (χ1v) is 6.85. The monoisotopic (exact) mass is 279 g/mol. The lowest BCUT2D eigenvalue weighted by Crippen LogP contribution is -1.88. The summed E-state index contributed by atoms with van der Waals surface area (Å²) in [7, 11) is 0. The van der Waals surface area contributed by atoms with Crippen molar-refractivity contribution in [2.24, 2.45) is 0 Å². The molecule has 0 fully saturated rings. The molecule has 0 radical (unpaired) electrons. The largest absolute Gasteiger partial charge is 0.248 e. The molecule has 3 rings (SSSR count). The number of pyridine rings is 1. The second-order valence-electron chi connectivity index (χ2n) is 4.84. The predicted octanol–water partition coefficient (Wildman–Crippen LogP) is 5.51. The number of rotatable bonds is 2. The third kappa shape index (κ3) is 2.33. The highest BCUT2D eigenvalue weighted by atomic mass is 35.5. The van der Waals surface area contributed by atoms with E-state index in [9.17, 15) is 0 Å². The minimum Gasteiger partial charge on any atom is -0.248 e. The summed E-state index contributed by atoms with van der Waals surface area (Å²) in [4.78, 5) is 4.72. The van der Waals surface area contributed by atoms with E-state index in [1.165, 1.54) is 5.56 Å². The van der Waals surface area contributed by atoms with Crippen molar-refractivity contribution in [3.63, 3.8) is 0 Å². The van der Waals surface area contributed by atoms with Crippen LogP contribution in [0.2, 0.25) is 5.02 Å². The van der Waals surface area contributed by atoms with Crippen molar-refractivity contribution in [2.45, 2.75) is 6.92 Å². The van der Waals surface area contributed by atoms with Crippen LogP contribution in [0.25, 0.3) is 28.2 Å². The molecule has 0 N–H and O–H groups in total. The Morgan fingerprint density at radius 3 is 2.70 bits per heavy atom. The second-order valence-corrected chi connectivity index (χ2v) is 5.25. The molecule has 0 amide bonds. The predicted molar refractivity (Wildman–Crippen MR) is 87.0 cm³/mol. The molecule has 0 spiro atoms. The molecule has 1 nitrogen and oxygen atoms in total. The van der Waals surface area contributed by atoms with Gasteiger partial charge in [-0.15, -0.1) is 0 Å². The van der Waals surface area contributed by atoms with Crippen LogP contribution >= 0.6 is 11.6 Å². The van der Waals surface area contributed by atoms with Gasteiger partial charge in [-0.25, -0.2) is 4.98 Å². The summed E-state index contributed by atoms with van der Waals surface area (Å²) in [6.07, 6.45) is 1.81. The first-order chi connectivity index (χ1) is 9.67. The number of halogens is 1. The van der Waals surface area contributed by atoms with Gasteiger partial charge in [-0.3, -0.25) is 0 Å². The van der Waals surface area contributed by atoms with E-state index in [1.807, 2.05) is 36.4 Å². The number of hydrogen-bond acceptors (Lipinski definition) is 1. The fourth-order valence-corrected chi connectivity index (χ4v) is 2.55. The average molecular weight is 280 g/mol. The molecule has 20 heavy (non-hydrogen) atoms. The Morgan fingerprint density at radius 1 is 1.10 bits per heavy atom. The quantitative estimate of drug-likeness (QED) is 0.603. The van der Waals surface area contributed by atoms with Crippen LogP contribution in [0.3, 0.4) is 0 Å². The highest BCUT2D eigenvalue weighted by Crippen LogP contribution is 2.29. The summed E-state index contributed by atoms with van der Waals surface area (Å²) >= 11 is 6.38. The Hall–Kier alpha value is -2.12. The highest BCUT2D eigenvalue weighted by Gasteiger charge is 2.06. The van der Waals surface area contributed by atoms with Crippen LogP contribution in [0.15, 0.2) is 55.1 Å². The Bertz CT molecular complexity index is 806. The van der Waals surface area contributed by atoms with Crippen LogP contribution in [0, 0.1) is 6.92 Å². The minimum atomic E-state index is 0.724. The van der Waals surface area contributed by atoms with E-state index in [0.717, 1.165) is 32.7 Å². The van der Waals surface area contributed by atoms with Gasteiger partial charge < -0.3 is 0 Å². The van der Waals surface area contributed by atoms with Gasteiger partial charge >= 0.3 is 0 Å². The molecular formula is C18H14ClN. The Kier molecular flexibility index (Phi) is 3.29. The van der Waals surface area contributed by atoms with Crippen molar-refractivity contribution in [3.05, 3.63) is 71.3 Å². The van der Waals surface area contributed by atoms with E-state index in [0.29, 0.717) is 0 Å². The van der Waals surface area contributed by atoms with Gasteiger partial charge in [0.05, 0.1) is 16.2 Å². The summed E-state index contributed by atoms with van der Waals surface area (Å²) in [5, 5.41) is 1.69. The standard InChI is InChI=1S/C18H14ClN/c1-3-13-7-8-15-16(19)11-17(20-18(15)10-13)14-6-4-5-12(2)9-14/h3-11H,1H2,2H3. The normalized spacial score (nSPS) is 10.7. The molecule has 2 heteroatoms. The van der Waals surface area contributed by atoms with Crippen molar-refractivity contribution >= 4 is 28.6 Å². The smallest absolute Gasteiger partial charge is 0.0730 e. The molecule has 98 valence electrons. The number of aromatic nitrogens is 1. The zero-order valence-corrected chi connectivity index (χ0v) is 12.0. The van der Waals surface area contributed by atoms with E-state index in [-0.39, 0.29) is 0 Å². The number of aryl methyl sites for hydroxylation is 1. The lowest BCUT2D eigenvalue weighted by molar-refractivity contribution is 1.38. The molecule has 3 aromatic rings. The van der Waals surface area contributed by atoms with E-state index >= 15 is 0 Å². The van der Waals surface area contributed by atoms with E-state index in [1.54, 1.807) is 0 Å². The molecule has 2 aromatic carbocycles. The van der Waals surface area contributed by atoms with Crippen LogP contribution in [-0.2, 0) is 0 Å². The summed E-state index contributed by atoms with van der Waals surface area (Å²) in [6, 6.07) is 16.2.